The number of carbonyl (C=O) groups is 1. The van der Waals surface area contributed by atoms with Crippen molar-refractivity contribution in [2.24, 2.45) is 0 Å². The van der Waals surface area contributed by atoms with Crippen LogP contribution in [-0.4, -0.2) is 12.5 Å². The molecule has 0 heterocycles. The van der Waals surface area contributed by atoms with Crippen molar-refractivity contribution in [1.82, 2.24) is 0 Å². The maximum atomic E-state index is 13.0. The summed E-state index contributed by atoms with van der Waals surface area (Å²) in [6, 6.07) is 10.1. The Morgan fingerprint density at radius 2 is 1.95 bits per heavy atom. The van der Waals surface area contributed by atoms with Crippen molar-refractivity contribution in [1.29, 1.82) is 0 Å². The summed E-state index contributed by atoms with van der Waals surface area (Å²) in [6.07, 6.45) is 5.30. The van der Waals surface area contributed by atoms with E-state index in [9.17, 15) is 9.18 Å². The molecule has 0 aliphatic carbocycles. The van der Waals surface area contributed by atoms with Crippen molar-refractivity contribution in [3.05, 3.63) is 58.9 Å². The highest BCUT2D eigenvalue weighted by atomic mass is 35.5. The predicted octanol–water partition coefficient (Wildman–Crippen LogP) is 3.34. The van der Waals surface area contributed by atoms with E-state index in [1.807, 2.05) is 0 Å². The Bertz CT molecular complexity index is 707. The Kier molecular flexibility index (Phi) is 4.46. The average molecular weight is 303 g/mol. The molecule has 2 N–H and O–H groups in total. The molecular weight excluding hydrogens is 291 g/mol. The maximum absolute atomic E-state index is 13.0. The minimum atomic E-state index is -0.395. The molecule has 0 saturated carbocycles. The molecular formula is C16H12ClFN2O. The molecule has 106 valence electrons. The van der Waals surface area contributed by atoms with Crippen LogP contribution in [0, 0.1) is 18.2 Å². The van der Waals surface area contributed by atoms with E-state index in [4.69, 9.17) is 23.8 Å². The van der Waals surface area contributed by atoms with Gasteiger partial charge in [-0.2, -0.15) is 0 Å². The second-order valence-corrected chi connectivity index (χ2v) is 4.72. The summed E-state index contributed by atoms with van der Waals surface area (Å²) in [6.45, 7) is 0.0373. The van der Waals surface area contributed by atoms with Crippen molar-refractivity contribution in [2.45, 2.75) is 0 Å². The molecule has 0 fully saturated rings. The number of nitrogens with two attached hydrogens (primary N) is 1. The maximum Gasteiger partial charge on any atom is 0.260 e. The Balaban J connectivity index is 2.42. The average Bonchev–Trinajstić information content (AvgIpc) is 2.48. The molecule has 2 aromatic carbocycles. The molecule has 0 bridgehead atoms. The molecule has 0 spiro atoms. The number of terminal acetylenes is 1. The van der Waals surface area contributed by atoms with Crippen LogP contribution in [0.5, 0.6) is 0 Å². The normalized spacial score (nSPS) is 9.95. The van der Waals surface area contributed by atoms with Gasteiger partial charge in [-0.25, -0.2) is 4.39 Å². The van der Waals surface area contributed by atoms with Crippen LogP contribution in [0.4, 0.5) is 15.8 Å². The summed E-state index contributed by atoms with van der Waals surface area (Å²) >= 11 is 6.03. The fourth-order valence-corrected chi connectivity index (χ4v) is 2.04. The molecule has 0 unspecified atom stereocenters. The Morgan fingerprint density at radius 3 is 2.57 bits per heavy atom. The van der Waals surface area contributed by atoms with E-state index in [0.29, 0.717) is 11.4 Å². The number of halogens is 2. The molecule has 0 aromatic heterocycles. The van der Waals surface area contributed by atoms with Crippen molar-refractivity contribution in [2.75, 3.05) is 17.2 Å². The van der Waals surface area contributed by atoms with Crippen LogP contribution in [-0.2, 0) is 0 Å². The van der Waals surface area contributed by atoms with E-state index in [-0.39, 0.29) is 17.1 Å². The highest BCUT2D eigenvalue weighted by Crippen LogP contribution is 2.24. The van der Waals surface area contributed by atoms with Crippen molar-refractivity contribution in [3.63, 3.8) is 0 Å². The smallest absolute Gasteiger partial charge is 0.260 e. The minimum Gasteiger partial charge on any atom is -0.399 e. The van der Waals surface area contributed by atoms with Gasteiger partial charge in [0.1, 0.15) is 5.82 Å². The number of rotatable bonds is 3. The van der Waals surface area contributed by atoms with E-state index in [2.05, 4.69) is 5.92 Å². The SMILES string of the molecule is C#CCN(C(=O)c1cc(N)ccc1Cl)c1ccc(F)cc1. The standard InChI is InChI=1S/C16H12ClFN2O/c1-2-9-20(13-6-3-11(18)4-7-13)16(21)14-10-12(19)5-8-15(14)17/h1,3-8,10H,9,19H2. The van der Waals surface area contributed by atoms with E-state index < -0.39 is 11.7 Å². The zero-order valence-electron chi connectivity index (χ0n) is 11.0. The second-order valence-electron chi connectivity index (χ2n) is 4.31. The Hall–Kier alpha value is -2.51. The molecule has 2 aromatic rings. The highest BCUT2D eigenvalue weighted by molar-refractivity contribution is 6.34. The van der Waals surface area contributed by atoms with Gasteiger partial charge in [-0.15, -0.1) is 6.42 Å². The zero-order chi connectivity index (χ0) is 15.4. The van der Waals surface area contributed by atoms with Gasteiger partial charge in [0.05, 0.1) is 17.1 Å². The number of benzene rings is 2. The lowest BCUT2D eigenvalue weighted by Gasteiger charge is -2.21. The molecule has 21 heavy (non-hydrogen) atoms. The Morgan fingerprint density at radius 1 is 1.29 bits per heavy atom. The quantitative estimate of drug-likeness (QED) is 0.698. The molecule has 0 aliphatic heterocycles. The van der Waals surface area contributed by atoms with Gasteiger partial charge in [-0.1, -0.05) is 17.5 Å². The predicted molar refractivity (Wildman–Crippen MR) is 82.8 cm³/mol. The lowest BCUT2D eigenvalue weighted by molar-refractivity contribution is 0.0990. The molecule has 1 amide bonds. The summed E-state index contributed by atoms with van der Waals surface area (Å²) in [7, 11) is 0. The summed E-state index contributed by atoms with van der Waals surface area (Å²) in [5.74, 6) is 1.62. The van der Waals surface area contributed by atoms with Crippen LogP contribution in [0.2, 0.25) is 5.02 Å². The van der Waals surface area contributed by atoms with E-state index in [1.54, 1.807) is 12.1 Å². The summed E-state index contributed by atoms with van der Waals surface area (Å²) in [5, 5.41) is 0.276. The topological polar surface area (TPSA) is 46.3 Å². The Labute approximate surface area is 127 Å². The van der Waals surface area contributed by atoms with Gasteiger partial charge in [0.15, 0.2) is 0 Å². The van der Waals surface area contributed by atoms with Gasteiger partial charge in [-0.3, -0.25) is 9.69 Å². The number of hydrogen-bond donors (Lipinski definition) is 1. The van der Waals surface area contributed by atoms with Gasteiger partial charge >= 0.3 is 0 Å². The van der Waals surface area contributed by atoms with Gasteiger partial charge in [-0.05, 0) is 42.5 Å². The van der Waals surface area contributed by atoms with Crippen LogP contribution in [0.15, 0.2) is 42.5 Å². The third kappa shape index (κ3) is 3.33. The summed E-state index contributed by atoms with van der Waals surface area (Å²) in [4.78, 5) is 13.9. The van der Waals surface area contributed by atoms with Gasteiger partial charge < -0.3 is 5.73 Å². The first-order valence-corrected chi connectivity index (χ1v) is 6.46. The van der Waals surface area contributed by atoms with Gasteiger partial charge in [0.2, 0.25) is 0 Å². The lowest BCUT2D eigenvalue weighted by atomic mass is 10.1. The monoisotopic (exact) mass is 302 g/mol. The number of hydrogen-bond acceptors (Lipinski definition) is 2. The van der Waals surface area contributed by atoms with E-state index >= 15 is 0 Å². The van der Waals surface area contributed by atoms with Crippen molar-refractivity contribution < 1.29 is 9.18 Å². The number of nitrogen functional groups attached to an aromatic ring is 1. The van der Waals surface area contributed by atoms with Crippen molar-refractivity contribution in [3.8, 4) is 12.3 Å². The van der Waals surface area contributed by atoms with Crippen LogP contribution in [0.1, 0.15) is 10.4 Å². The number of carbonyl (C=O) groups excluding carboxylic acids is 1. The van der Waals surface area contributed by atoms with Crippen LogP contribution < -0.4 is 10.6 Å². The first-order chi connectivity index (χ1) is 10.0. The number of amides is 1. The van der Waals surface area contributed by atoms with Crippen LogP contribution in [0.3, 0.4) is 0 Å². The van der Waals surface area contributed by atoms with Crippen LogP contribution >= 0.6 is 11.6 Å². The highest BCUT2D eigenvalue weighted by Gasteiger charge is 2.19. The third-order valence-corrected chi connectivity index (χ3v) is 3.18. The minimum absolute atomic E-state index is 0.0373. The molecule has 0 saturated heterocycles. The second kappa shape index (κ2) is 6.29. The van der Waals surface area contributed by atoms with E-state index in [0.717, 1.165) is 0 Å². The van der Waals surface area contributed by atoms with Gasteiger partial charge in [0, 0.05) is 11.4 Å². The molecule has 0 atom stereocenters. The first-order valence-electron chi connectivity index (χ1n) is 6.09. The fourth-order valence-electron chi connectivity index (χ4n) is 1.84. The third-order valence-electron chi connectivity index (χ3n) is 2.85. The molecule has 0 radical (unpaired) electrons. The first kappa shape index (κ1) is 14.9. The molecule has 5 heteroatoms. The molecule has 0 aliphatic rings. The zero-order valence-corrected chi connectivity index (χ0v) is 11.8. The van der Waals surface area contributed by atoms with Crippen LogP contribution in [0.25, 0.3) is 0 Å². The molecule has 2 rings (SSSR count). The van der Waals surface area contributed by atoms with Gasteiger partial charge in [0.25, 0.3) is 5.91 Å². The van der Waals surface area contributed by atoms with Crippen molar-refractivity contribution >= 4 is 28.9 Å². The fraction of sp³-hybridized carbons (Fsp3) is 0.0625. The lowest BCUT2D eigenvalue weighted by Crippen LogP contribution is -2.31. The summed E-state index contributed by atoms with van der Waals surface area (Å²) in [5.41, 5.74) is 6.83. The molecule has 3 nitrogen and oxygen atoms in total. The summed E-state index contributed by atoms with van der Waals surface area (Å²) < 4.78 is 13.0. The number of anilines is 2. The number of nitrogens with zero attached hydrogens (tertiary/aromatic N) is 1. The van der Waals surface area contributed by atoms with E-state index in [1.165, 1.54) is 35.2 Å². The largest absolute Gasteiger partial charge is 0.399 e.